The maximum absolute atomic E-state index is 13.3. The lowest BCUT2D eigenvalue weighted by atomic mass is 9.33. The van der Waals surface area contributed by atoms with Crippen LogP contribution in [0.15, 0.2) is 11.6 Å². The van der Waals surface area contributed by atoms with E-state index in [0.717, 1.165) is 18.4 Å². The van der Waals surface area contributed by atoms with Crippen LogP contribution in [0.25, 0.3) is 0 Å². The second-order valence-corrected chi connectivity index (χ2v) is 22.7. The summed E-state index contributed by atoms with van der Waals surface area (Å²) in [5.74, 6) is -1.36. The summed E-state index contributed by atoms with van der Waals surface area (Å²) in [6.45, 7) is 10.9. The average Bonchev–Trinajstić information content (AvgIpc) is 3.29. The monoisotopic (exact) mass is 956 g/mol. The highest BCUT2D eigenvalue weighted by Gasteiger charge is 2.71. The van der Waals surface area contributed by atoms with Gasteiger partial charge >= 0.3 is 11.9 Å². The molecule has 19 heteroatoms. The van der Waals surface area contributed by atoms with E-state index in [0.29, 0.717) is 51.4 Å². The third-order valence-electron chi connectivity index (χ3n) is 19.5. The predicted molar refractivity (Wildman–Crippen MR) is 231 cm³/mol. The van der Waals surface area contributed by atoms with E-state index in [-0.39, 0.29) is 53.2 Å². The van der Waals surface area contributed by atoms with Gasteiger partial charge in [0.25, 0.3) is 0 Å². The van der Waals surface area contributed by atoms with Crippen molar-refractivity contribution < 1.29 is 93.8 Å². The third-order valence-corrected chi connectivity index (χ3v) is 19.5. The van der Waals surface area contributed by atoms with Crippen molar-refractivity contribution in [3.63, 3.8) is 0 Å². The minimum absolute atomic E-state index is 0.0718. The zero-order valence-electron chi connectivity index (χ0n) is 39.8. The summed E-state index contributed by atoms with van der Waals surface area (Å²) in [5.41, 5.74) is -2.40. The van der Waals surface area contributed by atoms with E-state index in [2.05, 4.69) is 26.8 Å². The second kappa shape index (κ2) is 18.3. The van der Waals surface area contributed by atoms with Crippen LogP contribution < -0.4 is 0 Å². The molecular weight excluding hydrogens is 881 g/mol. The van der Waals surface area contributed by atoms with Gasteiger partial charge in [-0.25, -0.2) is 0 Å². The lowest BCUT2D eigenvalue weighted by Gasteiger charge is -2.71. The number of esters is 1. The van der Waals surface area contributed by atoms with Crippen LogP contribution in [0.1, 0.15) is 106 Å². The quantitative estimate of drug-likeness (QED) is 0.0810. The van der Waals surface area contributed by atoms with Crippen molar-refractivity contribution in [1.29, 1.82) is 0 Å². The number of carbonyl (C=O) groups is 2. The van der Waals surface area contributed by atoms with Crippen LogP contribution in [0.5, 0.6) is 0 Å². The van der Waals surface area contributed by atoms with Crippen molar-refractivity contribution in [1.82, 2.24) is 0 Å². The summed E-state index contributed by atoms with van der Waals surface area (Å²) >= 11 is 0. The van der Waals surface area contributed by atoms with Gasteiger partial charge in [-0.05, 0) is 112 Å². The lowest BCUT2D eigenvalue weighted by molar-refractivity contribution is -0.392. The van der Waals surface area contributed by atoms with Crippen molar-refractivity contribution in [3.05, 3.63) is 11.6 Å². The van der Waals surface area contributed by atoms with Gasteiger partial charge in [0.1, 0.15) is 61.0 Å². The Bertz CT molecular complexity index is 1870. The summed E-state index contributed by atoms with van der Waals surface area (Å²) in [7, 11) is 1.39. The number of carboxylic acids is 1. The Hall–Kier alpha value is -1.92. The lowest BCUT2D eigenvalue weighted by Crippen LogP contribution is -2.67. The summed E-state index contributed by atoms with van der Waals surface area (Å²) in [5, 5.41) is 108. The van der Waals surface area contributed by atoms with Crippen LogP contribution in [0.2, 0.25) is 0 Å². The Kier molecular flexibility index (Phi) is 14.0. The molecular formula is C48H76O19. The number of aliphatic hydroxyl groups is 9. The molecule has 0 amide bonds. The molecule has 3 aliphatic heterocycles. The first-order valence-corrected chi connectivity index (χ1v) is 24.3. The molecule has 10 N–H and O–H groups in total. The van der Waals surface area contributed by atoms with E-state index < -0.39 is 121 Å². The minimum atomic E-state index is -1.84. The van der Waals surface area contributed by atoms with Crippen LogP contribution >= 0.6 is 0 Å². The number of ether oxygens (including phenoxy) is 7. The third kappa shape index (κ3) is 7.88. The van der Waals surface area contributed by atoms with Gasteiger partial charge in [-0.3, -0.25) is 9.59 Å². The fraction of sp³-hybridized carbons (Fsp3) is 0.917. The number of carboxylic acid groups (broad SMARTS) is 1. The zero-order chi connectivity index (χ0) is 49.0. The molecule has 8 rings (SSSR count). The summed E-state index contributed by atoms with van der Waals surface area (Å²) in [6.07, 6.45) is -14.6. The molecule has 382 valence electrons. The van der Waals surface area contributed by atoms with Gasteiger partial charge in [0.05, 0.1) is 50.0 Å². The van der Waals surface area contributed by atoms with Gasteiger partial charge in [0, 0.05) is 5.41 Å². The van der Waals surface area contributed by atoms with E-state index in [9.17, 15) is 60.7 Å². The molecule has 0 radical (unpaired) electrons. The van der Waals surface area contributed by atoms with Crippen molar-refractivity contribution in [2.75, 3.05) is 26.9 Å². The first-order chi connectivity index (χ1) is 31.4. The van der Waals surface area contributed by atoms with Gasteiger partial charge in [-0.15, -0.1) is 0 Å². The second-order valence-electron chi connectivity index (χ2n) is 22.7. The molecule has 4 saturated carbocycles. The molecule has 19 nitrogen and oxygen atoms in total. The highest BCUT2D eigenvalue weighted by atomic mass is 16.8. The number of rotatable bonds is 10. The SMILES string of the molecule is COC(=O)C1(C)CCC2(C(=O)O)CCC3(C)C(=CCC4C5(C)CCC(OC6OCC(O)C(O)C6OC6OC(CO)C(O)C(O)C6OC6OC(C)C(O)C(O)C6O)C(C)(CO)C5CCC43C)C2C1. The number of methoxy groups -OCH3 is 1. The molecule has 0 aromatic carbocycles. The fourth-order valence-corrected chi connectivity index (χ4v) is 15.1. The molecule has 24 atom stereocenters. The van der Waals surface area contributed by atoms with Crippen molar-refractivity contribution in [2.45, 2.75) is 198 Å². The highest BCUT2D eigenvalue weighted by molar-refractivity contribution is 5.80. The highest BCUT2D eigenvalue weighted by Crippen LogP contribution is 2.76. The molecule has 8 aliphatic rings. The molecule has 0 bridgehead atoms. The summed E-state index contributed by atoms with van der Waals surface area (Å²) in [6, 6.07) is 0. The van der Waals surface area contributed by atoms with Crippen molar-refractivity contribution >= 4 is 11.9 Å². The Morgan fingerprint density at radius 1 is 0.731 bits per heavy atom. The van der Waals surface area contributed by atoms with Crippen LogP contribution in [-0.4, -0.2) is 182 Å². The van der Waals surface area contributed by atoms with Gasteiger partial charge < -0.3 is 84.2 Å². The van der Waals surface area contributed by atoms with E-state index >= 15 is 0 Å². The Morgan fingerprint density at radius 3 is 2.06 bits per heavy atom. The first-order valence-electron chi connectivity index (χ1n) is 24.3. The Balaban J connectivity index is 1.05. The Morgan fingerprint density at radius 2 is 1.40 bits per heavy atom. The molecule has 0 spiro atoms. The van der Waals surface area contributed by atoms with Gasteiger partial charge in [-0.2, -0.15) is 0 Å². The molecule has 7 fully saturated rings. The van der Waals surface area contributed by atoms with Crippen LogP contribution in [0, 0.1) is 50.2 Å². The topological polar surface area (TPSA) is 301 Å². The summed E-state index contributed by atoms with van der Waals surface area (Å²) in [4.78, 5) is 26.5. The number of hydrogen-bond acceptors (Lipinski definition) is 18. The number of allylic oxidation sites excluding steroid dienone is 2. The van der Waals surface area contributed by atoms with Gasteiger partial charge in [0.2, 0.25) is 0 Å². The number of carbonyl (C=O) groups excluding carboxylic acids is 1. The standard InChI is InChI=1S/C48H76O19/c1-22-30(52)33(55)35(57)38(63-22)66-37-34(56)32(54)26(19-49)64-40(37)67-36-31(53)25(51)20-62-39(36)65-29-11-12-44(3)27(45(29,4)21-50)10-13-47(6)28(44)9-8-23-24-18-43(2,42(60)61-7)14-16-48(24,41(58)59)17-15-46(23,47)5/h8,22,24-40,49-57H,9-21H2,1-7H3,(H,58,59). The number of aliphatic carboxylic acids is 1. The van der Waals surface area contributed by atoms with Crippen LogP contribution in [0.3, 0.4) is 0 Å². The molecule has 3 heterocycles. The maximum Gasteiger partial charge on any atom is 0.311 e. The van der Waals surface area contributed by atoms with Gasteiger partial charge in [0.15, 0.2) is 18.9 Å². The van der Waals surface area contributed by atoms with E-state index in [1.54, 1.807) is 0 Å². The number of hydrogen-bond donors (Lipinski definition) is 10. The van der Waals surface area contributed by atoms with Crippen molar-refractivity contribution in [2.24, 2.45) is 50.2 Å². The zero-order valence-corrected chi connectivity index (χ0v) is 39.8. The predicted octanol–water partition coefficient (Wildman–Crippen LogP) is 0.498. The molecule has 24 unspecified atom stereocenters. The van der Waals surface area contributed by atoms with E-state index in [4.69, 9.17) is 33.2 Å². The molecule has 0 aromatic rings. The number of fused-ring (bicyclic) bond motifs is 7. The Labute approximate surface area is 391 Å². The van der Waals surface area contributed by atoms with Crippen LogP contribution in [-0.2, 0) is 42.7 Å². The number of aliphatic hydroxyl groups excluding tert-OH is 9. The van der Waals surface area contributed by atoms with Crippen LogP contribution in [0.4, 0.5) is 0 Å². The molecule has 67 heavy (non-hydrogen) atoms. The molecule has 0 aromatic heterocycles. The fourth-order valence-electron chi connectivity index (χ4n) is 15.1. The first kappa shape index (κ1) is 51.4. The molecule has 3 saturated heterocycles. The smallest absolute Gasteiger partial charge is 0.311 e. The van der Waals surface area contributed by atoms with Gasteiger partial charge in [-0.1, -0.05) is 39.3 Å². The maximum atomic E-state index is 13.3. The normalized spacial score (nSPS) is 54.4. The summed E-state index contributed by atoms with van der Waals surface area (Å²) < 4.78 is 41.7. The molecule has 5 aliphatic carbocycles. The minimum Gasteiger partial charge on any atom is -0.481 e. The largest absolute Gasteiger partial charge is 0.481 e. The average molecular weight is 957 g/mol. The van der Waals surface area contributed by atoms with Crippen molar-refractivity contribution in [3.8, 4) is 0 Å². The van der Waals surface area contributed by atoms with E-state index in [1.807, 2.05) is 13.8 Å². The van der Waals surface area contributed by atoms with E-state index in [1.165, 1.54) is 14.0 Å².